The molecule has 8 nitrogen and oxygen atoms in total. The van der Waals surface area contributed by atoms with Crippen molar-refractivity contribution in [2.45, 2.75) is 25.2 Å². The average molecular weight is 348 g/mol. The Bertz CT molecular complexity index is 1130. The number of hydrogen-bond donors (Lipinski definition) is 0. The molecular formula is C18H20N8. The molecule has 0 radical (unpaired) electrons. The smallest absolute Gasteiger partial charge is 0.179 e. The van der Waals surface area contributed by atoms with Gasteiger partial charge in [0.25, 0.3) is 0 Å². The summed E-state index contributed by atoms with van der Waals surface area (Å²) in [6.07, 6.45) is 5.19. The molecule has 1 fully saturated rings. The summed E-state index contributed by atoms with van der Waals surface area (Å²) in [7, 11) is 5.79. The minimum Gasteiger partial charge on any atom is -0.276 e. The Kier molecular flexibility index (Phi) is 3.07. The Balaban J connectivity index is 1.51. The predicted molar refractivity (Wildman–Crippen MR) is 96.6 cm³/mol. The van der Waals surface area contributed by atoms with Gasteiger partial charge in [0, 0.05) is 33.3 Å². The van der Waals surface area contributed by atoms with E-state index < -0.39 is 0 Å². The third-order valence-electron chi connectivity index (χ3n) is 5.23. The second kappa shape index (κ2) is 5.23. The Morgan fingerprint density at radius 2 is 1.92 bits per heavy atom. The summed E-state index contributed by atoms with van der Waals surface area (Å²) in [5.74, 6) is 0.979. The van der Waals surface area contributed by atoms with Crippen LogP contribution in [0, 0.1) is 6.92 Å². The van der Waals surface area contributed by atoms with Gasteiger partial charge in [-0.15, -0.1) is 5.10 Å². The first-order valence-electron chi connectivity index (χ1n) is 8.71. The number of fused-ring (bicyclic) bond motifs is 1. The third kappa shape index (κ3) is 2.25. The highest BCUT2D eigenvalue weighted by molar-refractivity contribution is 5.77. The van der Waals surface area contributed by atoms with E-state index in [1.807, 2.05) is 43.6 Å². The number of hydrogen-bond acceptors (Lipinski definition) is 5. The van der Waals surface area contributed by atoms with Gasteiger partial charge >= 0.3 is 0 Å². The Labute approximate surface area is 150 Å². The van der Waals surface area contributed by atoms with Crippen LogP contribution in [-0.2, 0) is 21.1 Å². The van der Waals surface area contributed by atoms with Crippen molar-refractivity contribution in [2.75, 3.05) is 0 Å². The zero-order chi connectivity index (χ0) is 18.0. The van der Waals surface area contributed by atoms with Crippen molar-refractivity contribution in [3.05, 3.63) is 41.3 Å². The fourth-order valence-electron chi connectivity index (χ4n) is 3.72. The van der Waals surface area contributed by atoms with Gasteiger partial charge in [0.05, 0.1) is 23.3 Å². The van der Waals surface area contributed by atoms with Crippen LogP contribution in [0.2, 0.25) is 0 Å². The van der Waals surface area contributed by atoms with E-state index in [4.69, 9.17) is 10.1 Å². The molecule has 8 heteroatoms. The molecule has 4 aromatic heterocycles. The van der Waals surface area contributed by atoms with E-state index in [9.17, 15) is 0 Å². The summed E-state index contributed by atoms with van der Waals surface area (Å²) in [4.78, 5) is 4.76. The summed E-state index contributed by atoms with van der Waals surface area (Å²) in [5, 5.41) is 17.3. The Morgan fingerprint density at radius 1 is 1.08 bits per heavy atom. The predicted octanol–water partition coefficient (Wildman–Crippen LogP) is 2.08. The first-order valence-corrected chi connectivity index (χ1v) is 8.71. The van der Waals surface area contributed by atoms with Crippen molar-refractivity contribution in [2.24, 2.45) is 21.1 Å². The van der Waals surface area contributed by atoms with Crippen LogP contribution in [-0.4, -0.2) is 39.5 Å². The van der Waals surface area contributed by atoms with Crippen LogP contribution in [0.25, 0.3) is 22.6 Å². The quantitative estimate of drug-likeness (QED) is 0.566. The summed E-state index contributed by atoms with van der Waals surface area (Å²) >= 11 is 0. The van der Waals surface area contributed by atoms with Crippen LogP contribution in [0.3, 0.4) is 0 Å². The van der Waals surface area contributed by atoms with Crippen LogP contribution < -0.4 is 0 Å². The lowest BCUT2D eigenvalue weighted by molar-refractivity contribution is 0.728. The number of aromatic nitrogens is 8. The van der Waals surface area contributed by atoms with Crippen molar-refractivity contribution < 1.29 is 0 Å². The maximum Gasteiger partial charge on any atom is 0.179 e. The maximum absolute atomic E-state index is 4.76. The van der Waals surface area contributed by atoms with E-state index in [1.54, 1.807) is 4.68 Å². The van der Waals surface area contributed by atoms with Crippen LogP contribution >= 0.6 is 0 Å². The van der Waals surface area contributed by atoms with Gasteiger partial charge in [0.1, 0.15) is 5.52 Å². The number of pyridine rings is 1. The van der Waals surface area contributed by atoms with Gasteiger partial charge in [0.15, 0.2) is 5.65 Å². The van der Waals surface area contributed by atoms with Gasteiger partial charge in [-0.1, -0.05) is 5.21 Å². The molecule has 2 unspecified atom stereocenters. The standard InChI is InChI=1S/C18H20N8/c1-10-5-15(20-18-17(10)21-23-26(18)4)16-7-14(22-25(16)3)13-6-12(13)11-8-19-24(2)9-11/h5,7-9,12-13H,6H2,1-4H3. The lowest BCUT2D eigenvalue weighted by Gasteiger charge is -2.03. The average Bonchev–Trinajstić information content (AvgIpc) is 2.91. The molecule has 4 aromatic rings. The fraction of sp³-hybridized carbons (Fsp3) is 0.389. The molecule has 0 amide bonds. The molecule has 1 aliphatic carbocycles. The van der Waals surface area contributed by atoms with Crippen molar-refractivity contribution in [1.29, 1.82) is 0 Å². The molecule has 5 rings (SSSR count). The molecule has 0 saturated heterocycles. The SMILES string of the molecule is Cc1cc(-c2cc(C3CC3c3cnn(C)c3)nn2C)nc2c1nnn2C. The highest BCUT2D eigenvalue weighted by Crippen LogP contribution is 2.54. The lowest BCUT2D eigenvalue weighted by Crippen LogP contribution is -1.98. The van der Waals surface area contributed by atoms with Gasteiger partial charge < -0.3 is 0 Å². The van der Waals surface area contributed by atoms with Crippen LogP contribution in [0.15, 0.2) is 24.5 Å². The highest BCUT2D eigenvalue weighted by atomic mass is 15.4. The van der Waals surface area contributed by atoms with E-state index in [0.717, 1.165) is 40.2 Å². The first kappa shape index (κ1) is 15.2. The van der Waals surface area contributed by atoms with Crippen molar-refractivity contribution in [1.82, 2.24) is 39.5 Å². The summed E-state index contributed by atoms with van der Waals surface area (Å²) in [5.41, 5.74) is 7.05. The number of rotatable bonds is 3. The van der Waals surface area contributed by atoms with Gasteiger partial charge in [-0.25, -0.2) is 9.67 Å². The Morgan fingerprint density at radius 3 is 2.69 bits per heavy atom. The second-order valence-corrected chi connectivity index (χ2v) is 7.18. The van der Waals surface area contributed by atoms with E-state index in [2.05, 4.69) is 33.7 Å². The zero-order valence-electron chi connectivity index (χ0n) is 15.2. The lowest BCUT2D eigenvalue weighted by atomic mass is 10.1. The monoisotopic (exact) mass is 348 g/mol. The van der Waals surface area contributed by atoms with E-state index in [0.29, 0.717) is 11.8 Å². The fourth-order valence-corrected chi connectivity index (χ4v) is 3.72. The summed E-state index contributed by atoms with van der Waals surface area (Å²) < 4.78 is 5.49. The maximum atomic E-state index is 4.76. The normalized spacial score (nSPS) is 19.4. The molecule has 1 aliphatic rings. The molecule has 0 bridgehead atoms. The van der Waals surface area contributed by atoms with Gasteiger partial charge in [-0.3, -0.25) is 9.36 Å². The topological polar surface area (TPSA) is 79.2 Å². The molecule has 0 spiro atoms. The van der Waals surface area contributed by atoms with Gasteiger partial charge in [-0.05, 0) is 42.5 Å². The second-order valence-electron chi connectivity index (χ2n) is 7.18. The van der Waals surface area contributed by atoms with Gasteiger partial charge in [0.2, 0.25) is 0 Å². The van der Waals surface area contributed by atoms with Crippen LogP contribution in [0.1, 0.15) is 35.1 Å². The molecule has 0 N–H and O–H groups in total. The largest absolute Gasteiger partial charge is 0.276 e. The highest BCUT2D eigenvalue weighted by Gasteiger charge is 2.42. The Hall–Kier alpha value is -3.03. The van der Waals surface area contributed by atoms with Crippen molar-refractivity contribution in [3.8, 4) is 11.4 Å². The summed E-state index contributed by atoms with van der Waals surface area (Å²) in [6, 6.07) is 4.22. The van der Waals surface area contributed by atoms with Crippen molar-refractivity contribution >= 4 is 11.2 Å². The van der Waals surface area contributed by atoms with Crippen molar-refractivity contribution in [3.63, 3.8) is 0 Å². The minimum absolute atomic E-state index is 0.461. The van der Waals surface area contributed by atoms with Gasteiger partial charge in [-0.2, -0.15) is 10.2 Å². The van der Waals surface area contributed by atoms with E-state index >= 15 is 0 Å². The molecule has 2 atom stereocenters. The van der Waals surface area contributed by atoms with Crippen LogP contribution in [0.5, 0.6) is 0 Å². The molecule has 26 heavy (non-hydrogen) atoms. The summed E-state index contributed by atoms with van der Waals surface area (Å²) in [6.45, 7) is 2.04. The van der Waals surface area contributed by atoms with E-state index in [1.165, 1.54) is 5.56 Å². The first-order chi connectivity index (χ1) is 12.5. The number of nitrogens with zero attached hydrogens (tertiary/aromatic N) is 8. The molecule has 4 heterocycles. The van der Waals surface area contributed by atoms with Crippen LogP contribution in [0.4, 0.5) is 0 Å². The molecule has 132 valence electrons. The molecular weight excluding hydrogens is 328 g/mol. The molecule has 0 aromatic carbocycles. The molecule has 0 aliphatic heterocycles. The third-order valence-corrected chi connectivity index (χ3v) is 5.23. The zero-order valence-corrected chi connectivity index (χ0v) is 15.2. The van der Waals surface area contributed by atoms with E-state index in [-0.39, 0.29) is 0 Å². The minimum atomic E-state index is 0.461. The molecule has 1 saturated carbocycles. The number of aryl methyl sites for hydroxylation is 4.